The average Bonchev–Trinajstić information content (AvgIpc) is 3.33. The van der Waals surface area contributed by atoms with Crippen LogP contribution in [-0.4, -0.2) is 105 Å². The molecule has 0 saturated carbocycles. The third-order valence-corrected chi connectivity index (χ3v) is 6.84. The number of hydroxylamine groups is 2. The molecule has 1 saturated heterocycles. The Labute approximate surface area is 326 Å². The normalized spacial score (nSPS) is 14.8. The summed E-state index contributed by atoms with van der Waals surface area (Å²) in [5.41, 5.74) is 1.60. The minimum Gasteiger partial charge on any atom is -0.460 e. The molecular weight excluding hydrogens is 738 g/mol. The van der Waals surface area contributed by atoms with Crippen LogP contribution >= 0.6 is 0 Å². The molecule has 0 unspecified atom stereocenters. The number of imide groups is 1. The summed E-state index contributed by atoms with van der Waals surface area (Å²) in [6, 6.07) is -2.97. The van der Waals surface area contributed by atoms with Crippen LogP contribution in [0, 0.1) is 0 Å². The van der Waals surface area contributed by atoms with Crippen LogP contribution in [0.3, 0.4) is 0 Å². The molecule has 0 spiro atoms. The van der Waals surface area contributed by atoms with E-state index in [4.69, 9.17) is 24.8 Å². The quantitative estimate of drug-likeness (QED) is 0.0845. The molecule has 0 bridgehead atoms. The highest BCUT2D eigenvalue weighted by Crippen LogP contribution is 2.16. The number of carbonyl (C=O) groups is 9. The van der Waals surface area contributed by atoms with Crippen molar-refractivity contribution >= 4 is 53.7 Å². The molecule has 0 aromatic rings. The number of hydrogen-bond donors (Lipinski definition) is 5. The van der Waals surface area contributed by atoms with E-state index in [-0.39, 0.29) is 31.4 Å². The minimum absolute atomic E-state index is 0.0925. The molecule has 0 radical (unpaired) electrons. The summed E-state index contributed by atoms with van der Waals surface area (Å²) in [7, 11) is 0. The first kappa shape index (κ1) is 48.3. The van der Waals surface area contributed by atoms with Crippen LogP contribution in [0.2, 0.25) is 0 Å². The zero-order valence-corrected chi connectivity index (χ0v) is 34.0. The molecule has 2 atom stereocenters. The van der Waals surface area contributed by atoms with Crippen molar-refractivity contribution in [2.45, 2.75) is 143 Å². The predicted molar refractivity (Wildman–Crippen MR) is 198 cm³/mol. The van der Waals surface area contributed by atoms with Gasteiger partial charge in [-0.25, -0.2) is 14.4 Å². The highest BCUT2D eigenvalue weighted by Gasteiger charge is 2.37. The molecule has 1 rings (SSSR count). The number of esters is 1. The van der Waals surface area contributed by atoms with E-state index in [0.29, 0.717) is 5.06 Å². The number of rotatable bonds is 16. The van der Waals surface area contributed by atoms with Crippen molar-refractivity contribution in [1.82, 2.24) is 31.2 Å². The molecule has 1 aliphatic heterocycles. The molecule has 1 fully saturated rings. The first-order valence-electron chi connectivity index (χ1n) is 17.7. The Morgan fingerprint density at radius 1 is 0.786 bits per heavy atom. The van der Waals surface area contributed by atoms with Gasteiger partial charge in [-0.05, 0) is 82.6 Å². The Morgan fingerprint density at radius 2 is 1.32 bits per heavy atom. The van der Waals surface area contributed by atoms with E-state index in [1.165, 1.54) is 13.8 Å². The molecule has 20 heteroatoms. The number of ether oxygens (including phenoxy) is 3. The fourth-order valence-electron chi connectivity index (χ4n) is 4.41. The van der Waals surface area contributed by atoms with Crippen molar-refractivity contribution in [2.75, 3.05) is 6.54 Å². The molecule has 314 valence electrons. The van der Waals surface area contributed by atoms with Crippen LogP contribution in [0.15, 0.2) is 24.7 Å². The average molecular weight is 796 g/mol. The molecule has 20 nitrogen and oxygen atoms in total. The van der Waals surface area contributed by atoms with Crippen LogP contribution in [0.4, 0.5) is 9.59 Å². The summed E-state index contributed by atoms with van der Waals surface area (Å²) >= 11 is 0. The summed E-state index contributed by atoms with van der Waals surface area (Å²) in [6.07, 6.45) is -0.940. The number of carbonyl (C=O) groups excluding carboxylic acids is 9. The van der Waals surface area contributed by atoms with Crippen LogP contribution in [0.5, 0.6) is 0 Å². The summed E-state index contributed by atoms with van der Waals surface area (Å²) < 4.78 is 15.9. The summed E-state index contributed by atoms with van der Waals surface area (Å²) in [6.45, 7) is 20.0. The third-order valence-electron chi connectivity index (χ3n) is 6.84. The van der Waals surface area contributed by atoms with Gasteiger partial charge in [0.2, 0.25) is 17.7 Å². The molecule has 0 aliphatic carbocycles. The summed E-state index contributed by atoms with van der Waals surface area (Å²) in [5, 5.41) is 9.87. The number of amides is 7. The summed E-state index contributed by atoms with van der Waals surface area (Å²) in [5.74, 6) is -6.16. The largest absolute Gasteiger partial charge is 0.460 e. The predicted octanol–water partition coefficient (Wildman–Crippen LogP) is 1.68. The van der Waals surface area contributed by atoms with Gasteiger partial charge in [0.05, 0.1) is 0 Å². The minimum atomic E-state index is -1.81. The lowest BCUT2D eigenvalue weighted by molar-refractivity contribution is -0.196. The zero-order chi connectivity index (χ0) is 43.4. The number of hydrogen-bond acceptors (Lipinski definition) is 14. The zero-order valence-electron chi connectivity index (χ0n) is 34.0. The van der Waals surface area contributed by atoms with Crippen LogP contribution in [0.1, 0.15) is 108 Å². The standard InChI is InChI=1S/C36H57N7O13/c1-13-42(32(52)55-35(8,9)10)20-21(37)18-23(40-31(51)54-34(5,6)7)29(49)41-36(11,12)30(50)39-22(14-17-26(46)53-33(2,3)4)28(48)38-19-27(47)56-43-24(44)15-16-25(43)45/h13,20,22-23H,1,14-19,37H2,2-12H3,(H,38,48)(H,39,50)(H,40,51)(H,41,49)/b21-20-/t22-,23-/m0/s1. The summed E-state index contributed by atoms with van der Waals surface area (Å²) in [4.78, 5) is 120. The topological polar surface area (TPSA) is 271 Å². The van der Waals surface area contributed by atoms with Gasteiger partial charge in [0.25, 0.3) is 11.8 Å². The van der Waals surface area contributed by atoms with Gasteiger partial charge in [-0.1, -0.05) is 6.58 Å². The molecular formula is C36H57N7O13. The Kier molecular flexibility index (Phi) is 17.1. The number of nitrogens with two attached hydrogens (primary N) is 1. The second-order valence-electron chi connectivity index (χ2n) is 16.2. The fraction of sp³-hybridized carbons (Fsp3) is 0.639. The second kappa shape index (κ2) is 19.8. The second-order valence-corrected chi connectivity index (χ2v) is 16.2. The van der Waals surface area contributed by atoms with Gasteiger partial charge in [-0.15, -0.1) is 5.06 Å². The molecule has 56 heavy (non-hydrogen) atoms. The maximum Gasteiger partial charge on any atom is 0.418 e. The Balaban J connectivity index is 3.27. The van der Waals surface area contributed by atoms with Gasteiger partial charge in [0, 0.05) is 43.8 Å². The van der Waals surface area contributed by atoms with Gasteiger partial charge in [-0.2, -0.15) is 0 Å². The van der Waals surface area contributed by atoms with Crippen molar-refractivity contribution in [1.29, 1.82) is 0 Å². The Morgan fingerprint density at radius 3 is 1.82 bits per heavy atom. The van der Waals surface area contributed by atoms with Crippen LogP contribution < -0.4 is 27.0 Å². The SMILES string of the molecule is C=CN(/C=C(\N)C[C@H](NC(=O)OC(C)(C)C)C(=O)NC(C)(C)C(=O)N[C@@H](CCC(=O)OC(C)(C)C)C(=O)NCC(=O)ON1C(=O)CCC1=O)C(=O)OC(C)(C)C. The number of nitrogens with one attached hydrogen (secondary N) is 4. The number of alkyl carbamates (subject to hydrolysis) is 1. The fourth-order valence-corrected chi connectivity index (χ4v) is 4.41. The van der Waals surface area contributed by atoms with E-state index >= 15 is 0 Å². The van der Waals surface area contributed by atoms with E-state index in [2.05, 4.69) is 27.8 Å². The van der Waals surface area contributed by atoms with Crippen LogP contribution in [-0.2, 0) is 52.6 Å². The van der Waals surface area contributed by atoms with Crippen molar-refractivity contribution < 1.29 is 62.2 Å². The van der Waals surface area contributed by atoms with Gasteiger partial charge in [0.15, 0.2) is 0 Å². The van der Waals surface area contributed by atoms with Gasteiger partial charge < -0.3 is 46.0 Å². The highest BCUT2D eigenvalue weighted by atomic mass is 16.7. The van der Waals surface area contributed by atoms with E-state index in [1.807, 2.05) is 0 Å². The molecule has 0 aromatic carbocycles. The van der Waals surface area contributed by atoms with Crippen molar-refractivity contribution in [2.24, 2.45) is 5.73 Å². The molecule has 1 heterocycles. The molecule has 1 aliphatic rings. The van der Waals surface area contributed by atoms with E-state index in [0.717, 1.165) is 17.3 Å². The Bertz CT molecular complexity index is 1550. The third kappa shape index (κ3) is 18.1. The van der Waals surface area contributed by atoms with Gasteiger partial charge >= 0.3 is 24.1 Å². The molecule has 7 amide bonds. The Hall–Kier alpha value is -5.69. The first-order valence-corrected chi connectivity index (χ1v) is 17.7. The maximum atomic E-state index is 13.7. The van der Waals surface area contributed by atoms with Crippen LogP contribution in [0.25, 0.3) is 0 Å². The van der Waals surface area contributed by atoms with E-state index in [9.17, 15) is 43.2 Å². The lowest BCUT2D eigenvalue weighted by Crippen LogP contribution is -2.62. The molecule has 6 N–H and O–H groups in total. The lowest BCUT2D eigenvalue weighted by Gasteiger charge is -2.30. The van der Waals surface area contributed by atoms with Gasteiger partial charge in [0.1, 0.15) is 41.0 Å². The van der Waals surface area contributed by atoms with Crippen molar-refractivity contribution in [3.8, 4) is 0 Å². The van der Waals surface area contributed by atoms with E-state index < -0.39 is 101 Å². The number of nitrogens with zero attached hydrogens (tertiary/aromatic N) is 2. The first-order chi connectivity index (χ1) is 25.4. The van der Waals surface area contributed by atoms with Crippen molar-refractivity contribution in [3.63, 3.8) is 0 Å². The lowest BCUT2D eigenvalue weighted by atomic mass is 10.0. The van der Waals surface area contributed by atoms with Gasteiger partial charge in [-0.3, -0.25) is 33.7 Å². The highest BCUT2D eigenvalue weighted by molar-refractivity contribution is 6.02. The maximum absolute atomic E-state index is 13.7. The smallest absolute Gasteiger partial charge is 0.418 e. The monoisotopic (exact) mass is 795 g/mol. The van der Waals surface area contributed by atoms with E-state index in [1.54, 1.807) is 62.3 Å². The molecule has 0 aromatic heterocycles. The van der Waals surface area contributed by atoms with Crippen molar-refractivity contribution in [3.05, 3.63) is 24.7 Å².